The highest BCUT2D eigenvalue weighted by Crippen LogP contribution is 2.57. The van der Waals surface area contributed by atoms with Crippen LogP contribution in [0.25, 0.3) is 71.3 Å². The molecule has 0 aliphatic heterocycles. The number of para-hydroxylation sites is 3. The Labute approximate surface area is 359 Å². The molecule has 3 heteroatoms. The number of hydrogen-bond donors (Lipinski definition) is 0. The van der Waals surface area contributed by atoms with Crippen LogP contribution < -0.4 is 4.90 Å². The van der Waals surface area contributed by atoms with Crippen LogP contribution in [0.2, 0.25) is 0 Å². The van der Waals surface area contributed by atoms with Crippen LogP contribution in [-0.2, 0) is 5.41 Å². The summed E-state index contributed by atoms with van der Waals surface area (Å²) < 4.78 is 8.90. The molecule has 0 spiro atoms. The molecule has 0 N–H and O–H groups in total. The van der Waals surface area contributed by atoms with E-state index in [1.807, 2.05) is 6.07 Å². The third kappa shape index (κ3) is 4.94. The lowest BCUT2D eigenvalue weighted by molar-refractivity contribution is 0.672. The Morgan fingerprint density at radius 2 is 0.919 bits per heavy atom. The maximum Gasteiger partial charge on any atom is 0.143 e. The zero-order valence-electron chi connectivity index (χ0n) is 33.7. The van der Waals surface area contributed by atoms with E-state index in [4.69, 9.17) is 4.42 Å². The first kappa shape index (κ1) is 34.7. The predicted molar refractivity (Wildman–Crippen MR) is 258 cm³/mol. The first-order valence-electron chi connectivity index (χ1n) is 21.3. The van der Waals surface area contributed by atoms with E-state index >= 15 is 0 Å². The summed E-state index contributed by atoms with van der Waals surface area (Å²) >= 11 is 0. The molecule has 2 heterocycles. The third-order valence-corrected chi connectivity index (χ3v) is 13.2. The van der Waals surface area contributed by atoms with Crippen molar-refractivity contribution in [2.75, 3.05) is 4.90 Å². The Kier molecular flexibility index (Phi) is 7.52. The molecule has 12 aromatic rings. The second kappa shape index (κ2) is 13.4. The predicted octanol–water partition coefficient (Wildman–Crippen LogP) is 15.7. The molecule has 13 rings (SSSR count). The van der Waals surface area contributed by atoms with Crippen LogP contribution in [0, 0.1) is 0 Å². The van der Waals surface area contributed by atoms with Crippen LogP contribution in [0.5, 0.6) is 0 Å². The zero-order valence-corrected chi connectivity index (χ0v) is 33.7. The summed E-state index contributed by atoms with van der Waals surface area (Å²) in [6.45, 7) is 0. The summed E-state index contributed by atoms with van der Waals surface area (Å²) in [6, 6.07) is 84.1. The molecule has 62 heavy (non-hydrogen) atoms. The lowest BCUT2D eigenvalue weighted by Gasteiger charge is -2.35. The van der Waals surface area contributed by atoms with Gasteiger partial charge in [-0.15, -0.1) is 0 Å². The fraction of sp³-hybridized carbons (Fsp3) is 0.0169. The van der Waals surface area contributed by atoms with Gasteiger partial charge in [-0.05, 0) is 118 Å². The molecule has 0 saturated heterocycles. The molecule has 2 aromatic heterocycles. The van der Waals surface area contributed by atoms with Gasteiger partial charge in [-0.2, -0.15) is 0 Å². The van der Waals surface area contributed by atoms with Gasteiger partial charge in [0.25, 0.3) is 0 Å². The second-order valence-electron chi connectivity index (χ2n) is 16.4. The van der Waals surface area contributed by atoms with Crippen molar-refractivity contribution in [1.82, 2.24) is 4.57 Å². The van der Waals surface area contributed by atoms with E-state index in [2.05, 4.69) is 234 Å². The molecule has 0 radical (unpaired) electrons. The van der Waals surface area contributed by atoms with Crippen LogP contribution in [0.3, 0.4) is 0 Å². The summed E-state index contributed by atoms with van der Waals surface area (Å²) in [5.74, 6) is 0. The van der Waals surface area contributed by atoms with Crippen LogP contribution >= 0.6 is 0 Å². The van der Waals surface area contributed by atoms with Crippen molar-refractivity contribution in [3.8, 4) is 16.8 Å². The lowest BCUT2D eigenvalue weighted by Crippen LogP contribution is -2.28. The van der Waals surface area contributed by atoms with Crippen molar-refractivity contribution < 1.29 is 4.42 Å². The van der Waals surface area contributed by atoms with Crippen molar-refractivity contribution in [3.05, 3.63) is 253 Å². The topological polar surface area (TPSA) is 21.3 Å². The molecule has 0 atom stereocenters. The molecule has 1 aliphatic rings. The molecule has 0 saturated carbocycles. The minimum Gasteiger partial charge on any atom is -0.455 e. The highest BCUT2D eigenvalue weighted by molar-refractivity contribution is 6.15. The number of furan rings is 1. The molecule has 0 bridgehead atoms. The van der Waals surface area contributed by atoms with Gasteiger partial charge in [0.2, 0.25) is 0 Å². The van der Waals surface area contributed by atoms with Crippen molar-refractivity contribution in [3.63, 3.8) is 0 Å². The van der Waals surface area contributed by atoms with Gasteiger partial charge in [0, 0.05) is 49.7 Å². The number of anilines is 3. The van der Waals surface area contributed by atoms with E-state index in [0.717, 1.165) is 55.5 Å². The molecular formula is C59H38N2O. The van der Waals surface area contributed by atoms with E-state index in [1.54, 1.807) is 0 Å². The molecule has 0 unspecified atom stereocenters. The maximum atomic E-state index is 6.52. The number of fused-ring (bicyclic) bond motifs is 11. The summed E-state index contributed by atoms with van der Waals surface area (Å²) in [4.78, 5) is 2.42. The Morgan fingerprint density at radius 1 is 0.371 bits per heavy atom. The van der Waals surface area contributed by atoms with Gasteiger partial charge in [0.05, 0.1) is 16.4 Å². The number of aromatic nitrogens is 1. The van der Waals surface area contributed by atoms with Crippen molar-refractivity contribution >= 4 is 71.6 Å². The van der Waals surface area contributed by atoms with Crippen molar-refractivity contribution in [1.29, 1.82) is 0 Å². The molecule has 10 aromatic carbocycles. The van der Waals surface area contributed by atoms with Gasteiger partial charge in [-0.1, -0.05) is 152 Å². The van der Waals surface area contributed by atoms with E-state index in [9.17, 15) is 0 Å². The lowest BCUT2D eigenvalue weighted by atomic mass is 9.67. The number of rotatable bonds is 6. The van der Waals surface area contributed by atoms with Crippen molar-refractivity contribution in [2.24, 2.45) is 0 Å². The van der Waals surface area contributed by atoms with Crippen LogP contribution in [-0.4, -0.2) is 4.57 Å². The van der Waals surface area contributed by atoms with Crippen LogP contribution in [0.1, 0.15) is 22.3 Å². The molecule has 1 aliphatic carbocycles. The number of nitrogens with zero attached hydrogens (tertiary/aromatic N) is 2. The third-order valence-electron chi connectivity index (χ3n) is 13.2. The van der Waals surface area contributed by atoms with Gasteiger partial charge in [-0.25, -0.2) is 0 Å². The number of hydrogen-bond acceptors (Lipinski definition) is 2. The summed E-state index contributed by atoms with van der Waals surface area (Å²) in [5.41, 5.74) is 15.6. The Hall–Kier alpha value is -8.14. The van der Waals surface area contributed by atoms with E-state index in [-0.39, 0.29) is 0 Å². The fourth-order valence-electron chi connectivity index (χ4n) is 10.6. The largest absolute Gasteiger partial charge is 0.455 e. The molecule has 3 nitrogen and oxygen atoms in total. The highest BCUT2D eigenvalue weighted by Gasteiger charge is 2.46. The smallest absolute Gasteiger partial charge is 0.143 e. The van der Waals surface area contributed by atoms with E-state index in [0.29, 0.717) is 0 Å². The molecule has 0 fully saturated rings. The van der Waals surface area contributed by atoms with Crippen LogP contribution in [0.15, 0.2) is 235 Å². The molecule has 0 amide bonds. The van der Waals surface area contributed by atoms with Gasteiger partial charge in [0.15, 0.2) is 0 Å². The minimum absolute atomic E-state index is 0.521. The minimum atomic E-state index is -0.521. The Bertz CT molecular complexity index is 3600. The first-order valence-corrected chi connectivity index (χ1v) is 21.3. The van der Waals surface area contributed by atoms with Gasteiger partial charge in [0.1, 0.15) is 11.2 Å². The Morgan fingerprint density at radius 3 is 1.65 bits per heavy atom. The standard InChI is InChI=1S/C59H38N2O/c1-3-15-40(16-4-1)59(41-17-5-2-6-18-41)53-23-11-7-19-47(53)48-36-33-45(38-54(48)59)60(44-32-35-46-39(37-44)27-34-52-51-22-10-14-26-57(51)62-58(46)52)42-28-30-43(31-29-42)61-55-24-12-8-20-49(55)50-21-9-13-25-56(50)61/h1-38H. The normalized spacial score (nSPS) is 13.0. The van der Waals surface area contributed by atoms with Gasteiger partial charge >= 0.3 is 0 Å². The average Bonchev–Trinajstić information content (AvgIpc) is 3.99. The first-order chi connectivity index (χ1) is 30.8. The SMILES string of the molecule is c1ccc(C2(c3ccccc3)c3ccccc3-c3ccc(N(c4ccc(-n5c6ccccc6c6ccccc65)cc4)c4ccc5c(ccc6c7ccccc7oc56)c4)cc32)cc1. The maximum absolute atomic E-state index is 6.52. The summed E-state index contributed by atoms with van der Waals surface area (Å²) in [5, 5.41) is 7.00. The van der Waals surface area contributed by atoms with Gasteiger partial charge < -0.3 is 13.9 Å². The van der Waals surface area contributed by atoms with E-state index in [1.165, 1.54) is 55.2 Å². The van der Waals surface area contributed by atoms with E-state index < -0.39 is 5.41 Å². The van der Waals surface area contributed by atoms with Crippen LogP contribution in [0.4, 0.5) is 17.1 Å². The highest BCUT2D eigenvalue weighted by atomic mass is 16.3. The second-order valence-corrected chi connectivity index (χ2v) is 16.4. The Balaban J connectivity index is 1.04. The number of benzene rings is 10. The van der Waals surface area contributed by atoms with Crippen molar-refractivity contribution in [2.45, 2.75) is 5.41 Å². The quantitative estimate of drug-likeness (QED) is 0.167. The zero-order chi connectivity index (χ0) is 40.8. The summed E-state index contributed by atoms with van der Waals surface area (Å²) in [6.07, 6.45) is 0. The van der Waals surface area contributed by atoms with Gasteiger partial charge in [-0.3, -0.25) is 0 Å². The molecule has 290 valence electrons. The fourth-order valence-corrected chi connectivity index (χ4v) is 10.6. The monoisotopic (exact) mass is 790 g/mol. The molecular weight excluding hydrogens is 753 g/mol. The average molecular weight is 791 g/mol. The summed E-state index contributed by atoms with van der Waals surface area (Å²) in [7, 11) is 0.